The van der Waals surface area contributed by atoms with Crippen LogP contribution in [-0.4, -0.2) is 65.7 Å². The summed E-state index contributed by atoms with van der Waals surface area (Å²) in [4.78, 5) is 35.0. The topological polar surface area (TPSA) is 149 Å². The van der Waals surface area contributed by atoms with E-state index in [4.69, 9.17) is 23.6 Å². The van der Waals surface area contributed by atoms with Gasteiger partial charge in [0.25, 0.3) is 0 Å². The van der Waals surface area contributed by atoms with Gasteiger partial charge in [0.1, 0.15) is 12.7 Å². The highest BCUT2D eigenvalue weighted by Gasteiger charge is 2.27. The average Bonchev–Trinajstić information content (AvgIpc) is 3.21. The Hall–Kier alpha value is -2.07. The average molecular weight is 841 g/mol. The van der Waals surface area contributed by atoms with Crippen LogP contribution >= 0.6 is 7.82 Å². The highest BCUT2D eigenvalue weighted by Crippen LogP contribution is 2.43. The fourth-order valence-corrected chi connectivity index (χ4v) is 7.09. The summed E-state index contributed by atoms with van der Waals surface area (Å²) in [6.07, 6.45) is 46.5. The van der Waals surface area contributed by atoms with Crippen molar-refractivity contribution >= 4 is 19.8 Å². The fourth-order valence-electron chi connectivity index (χ4n) is 6.30. The second-order valence-electron chi connectivity index (χ2n) is 15.5. The Bertz CT molecular complexity index is 1110. The molecule has 58 heavy (non-hydrogen) atoms. The monoisotopic (exact) mass is 841 g/mol. The number of unbranched alkanes of at least 4 members (excludes halogenated alkanes) is 24. The molecule has 0 spiro atoms. The Morgan fingerprint density at radius 2 is 0.948 bits per heavy atom. The number of phosphoric acid groups is 1. The van der Waals surface area contributed by atoms with E-state index in [1.165, 1.54) is 103 Å². The number of aliphatic hydroxyl groups excluding tert-OH is 2. The van der Waals surface area contributed by atoms with Crippen molar-refractivity contribution in [2.24, 2.45) is 0 Å². The third-order valence-electron chi connectivity index (χ3n) is 9.84. The third-order valence-corrected chi connectivity index (χ3v) is 10.8. The van der Waals surface area contributed by atoms with Gasteiger partial charge in [-0.1, -0.05) is 204 Å². The minimum absolute atomic E-state index is 0.181. The molecule has 0 fully saturated rings. The first-order chi connectivity index (χ1) is 28.2. The summed E-state index contributed by atoms with van der Waals surface area (Å²) in [5.41, 5.74) is 0. The van der Waals surface area contributed by atoms with E-state index in [1.54, 1.807) is 0 Å². The SMILES string of the molecule is CC/C=C/C=C/C=C/C=C/CCCCCCCC(=O)OC[C@H](COP(=O)(O)OC[C@@H](O)CO)OC(=O)CCCCCCCCCCCCCCCCCCCCCC. The number of hydrogen-bond donors (Lipinski definition) is 3. The predicted octanol–water partition coefficient (Wildman–Crippen LogP) is 12.5. The van der Waals surface area contributed by atoms with Gasteiger partial charge in [0.15, 0.2) is 6.10 Å². The summed E-state index contributed by atoms with van der Waals surface area (Å²) in [5.74, 6) is -0.947. The molecule has 0 radical (unpaired) electrons. The van der Waals surface area contributed by atoms with E-state index in [2.05, 4.69) is 32.1 Å². The van der Waals surface area contributed by atoms with Crippen molar-refractivity contribution in [2.45, 2.75) is 212 Å². The maximum atomic E-state index is 12.6. The molecule has 0 bridgehead atoms. The molecule has 0 saturated heterocycles. The first-order valence-electron chi connectivity index (χ1n) is 23.1. The van der Waals surface area contributed by atoms with Crippen LogP contribution in [0.2, 0.25) is 0 Å². The van der Waals surface area contributed by atoms with E-state index in [1.807, 2.05) is 30.4 Å². The van der Waals surface area contributed by atoms with Gasteiger partial charge in [0.2, 0.25) is 0 Å². The van der Waals surface area contributed by atoms with Crippen LogP contribution in [0.25, 0.3) is 0 Å². The molecule has 338 valence electrons. The van der Waals surface area contributed by atoms with Crippen molar-refractivity contribution in [3.8, 4) is 0 Å². The number of aliphatic hydroxyl groups is 2. The molecule has 0 aromatic rings. The third kappa shape index (κ3) is 42.1. The number of ether oxygens (including phenoxy) is 2. The summed E-state index contributed by atoms with van der Waals surface area (Å²) in [5, 5.41) is 18.4. The first-order valence-corrected chi connectivity index (χ1v) is 24.6. The Kier molecular flexibility index (Phi) is 41.5. The highest BCUT2D eigenvalue weighted by molar-refractivity contribution is 7.47. The van der Waals surface area contributed by atoms with Gasteiger partial charge in [0, 0.05) is 12.8 Å². The molecule has 3 atom stereocenters. The molecule has 0 aliphatic heterocycles. The zero-order chi connectivity index (χ0) is 42.6. The molecular formula is C47H85O10P. The summed E-state index contributed by atoms with van der Waals surface area (Å²) in [7, 11) is -4.62. The van der Waals surface area contributed by atoms with E-state index in [9.17, 15) is 24.2 Å². The van der Waals surface area contributed by atoms with Crippen molar-refractivity contribution in [1.82, 2.24) is 0 Å². The molecule has 0 aromatic carbocycles. The number of hydrogen-bond acceptors (Lipinski definition) is 9. The van der Waals surface area contributed by atoms with Gasteiger partial charge in [-0.25, -0.2) is 4.57 Å². The molecule has 11 heteroatoms. The smallest absolute Gasteiger partial charge is 0.462 e. The van der Waals surface area contributed by atoms with Crippen molar-refractivity contribution in [1.29, 1.82) is 0 Å². The molecule has 0 saturated carbocycles. The van der Waals surface area contributed by atoms with E-state index in [-0.39, 0.29) is 19.4 Å². The minimum Gasteiger partial charge on any atom is -0.462 e. The molecule has 0 amide bonds. The quantitative estimate of drug-likeness (QED) is 0.0234. The van der Waals surface area contributed by atoms with Crippen molar-refractivity contribution in [3.63, 3.8) is 0 Å². The van der Waals surface area contributed by atoms with Gasteiger partial charge in [-0.3, -0.25) is 18.6 Å². The van der Waals surface area contributed by atoms with Gasteiger partial charge in [-0.2, -0.15) is 0 Å². The maximum Gasteiger partial charge on any atom is 0.472 e. The number of phosphoric ester groups is 1. The molecule has 3 N–H and O–H groups in total. The molecule has 1 unspecified atom stereocenters. The molecule has 0 aliphatic carbocycles. The lowest BCUT2D eigenvalue weighted by atomic mass is 10.0. The van der Waals surface area contributed by atoms with Crippen molar-refractivity contribution in [3.05, 3.63) is 48.6 Å². The van der Waals surface area contributed by atoms with Gasteiger partial charge in [-0.05, 0) is 32.1 Å². The lowest BCUT2D eigenvalue weighted by Crippen LogP contribution is -2.29. The molecule has 0 aromatic heterocycles. The van der Waals surface area contributed by atoms with Crippen molar-refractivity contribution in [2.75, 3.05) is 26.4 Å². The zero-order valence-electron chi connectivity index (χ0n) is 36.8. The largest absolute Gasteiger partial charge is 0.472 e. The zero-order valence-corrected chi connectivity index (χ0v) is 37.6. The Labute approximate surface area is 353 Å². The highest BCUT2D eigenvalue weighted by atomic mass is 31.2. The Morgan fingerprint density at radius 1 is 0.534 bits per heavy atom. The number of allylic oxidation sites excluding steroid dienone is 8. The van der Waals surface area contributed by atoms with Crippen LogP contribution < -0.4 is 0 Å². The summed E-state index contributed by atoms with van der Waals surface area (Å²) < 4.78 is 32.8. The molecule has 0 heterocycles. The second-order valence-corrected chi connectivity index (χ2v) is 17.0. The fraction of sp³-hybridized carbons (Fsp3) is 0.787. The number of esters is 2. The molecule has 0 aliphatic rings. The Balaban J connectivity index is 4.24. The second kappa shape index (κ2) is 43.0. The van der Waals surface area contributed by atoms with Crippen LogP contribution in [-0.2, 0) is 32.7 Å². The first kappa shape index (κ1) is 55.9. The van der Waals surface area contributed by atoms with Crippen LogP contribution in [0.5, 0.6) is 0 Å². The van der Waals surface area contributed by atoms with Crippen LogP contribution in [0.3, 0.4) is 0 Å². The normalized spacial score (nSPS) is 14.2. The van der Waals surface area contributed by atoms with E-state index in [0.29, 0.717) is 12.8 Å². The van der Waals surface area contributed by atoms with Crippen molar-refractivity contribution < 1.29 is 47.8 Å². The van der Waals surface area contributed by atoms with E-state index >= 15 is 0 Å². The molecule has 0 rings (SSSR count). The molecular weight excluding hydrogens is 755 g/mol. The molecule has 10 nitrogen and oxygen atoms in total. The van der Waals surface area contributed by atoms with Crippen LogP contribution in [0, 0.1) is 0 Å². The summed E-state index contributed by atoms with van der Waals surface area (Å²) in [6, 6.07) is 0. The predicted molar refractivity (Wildman–Crippen MR) is 237 cm³/mol. The van der Waals surface area contributed by atoms with Gasteiger partial charge >= 0.3 is 19.8 Å². The summed E-state index contributed by atoms with van der Waals surface area (Å²) in [6.45, 7) is 2.24. The van der Waals surface area contributed by atoms with Crippen LogP contribution in [0.4, 0.5) is 0 Å². The van der Waals surface area contributed by atoms with Gasteiger partial charge in [-0.15, -0.1) is 0 Å². The number of rotatable bonds is 43. The number of carbonyl (C=O) groups excluding carboxylic acids is 2. The number of carbonyl (C=O) groups is 2. The van der Waals surface area contributed by atoms with Crippen LogP contribution in [0.1, 0.15) is 200 Å². The Morgan fingerprint density at radius 3 is 1.43 bits per heavy atom. The van der Waals surface area contributed by atoms with E-state index in [0.717, 1.165) is 57.8 Å². The maximum absolute atomic E-state index is 12.6. The summed E-state index contributed by atoms with van der Waals surface area (Å²) >= 11 is 0. The minimum atomic E-state index is -4.62. The van der Waals surface area contributed by atoms with Gasteiger partial charge in [0.05, 0.1) is 19.8 Å². The van der Waals surface area contributed by atoms with Gasteiger partial charge < -0.3 is 24.6 Å². The lowest BCUT2D eigenvalue weighted by molar-refractivity contribution is -0.161. The van der Waals surface area contributed by atoms with E-state index < -0.39 is 51.8 Å². The standard InChI is InChI=1S/C47H85O10P/c1-3-5-7-9-11-13-15-17-19-20-21-22-23-25-27-29-31-33-35-37-39-47(51)57-45(43-56-58(52,53)55-41-44(49)40-48)42-54-46(50)38-36-34-32-30-28-26-24-18-16-14-12-10-8-6-4-2/h6,8,10,12,14,16,18,24,44-45,48-49H,3-5,7,9,11,13,15,17,19-23,25-43H2,1-2H3,(H,52,53)/b8-6+,12-10+,16-14+,24-18+/t44-,45+/m0/s1. The lowest BCUT2D eigenvalue weighted by Gasteiger charge is -2.20. The van der Waals surface area contributed by atoms with Crippen LogP contribution in [0.15, 0.2) is 48.6 Å².